The van der Waals surface area contributed by atoms with E-state index in [1.807, 2.05) is 24.3 Å². The van der Waals surface area contributed by atoms with E-state index in [1.54, 1.807) is 12.1 Å². The molecule has 1 atom stereocenters. The molecule has 0 amide bonds. The third kappa shape index (κ3) is 3.30. The minimum Gasteiger partial charge on any atom is -0.291 e. The van der Waals surface area contributed by atoms with Crippen molar-refractivity contribution >= 4 is 27.9 Å². The van der Waals surface area contributed by atoms with Crippen molar-refractivity contribution in [2.45, 2.75) is 6.04 Å². The molecule has 0 aliphatic heterocycles. The largest absolute Gasteiger partial charge is 0.291 e. The van der Waals surface area contributed by atoms with E-state index < -0.39 is 6.04 Å². The van der Waals surface area contributed by atoms with E-state index in [4.69, 9.17) is 15.9 Å². The van der Waals surface area contributed by atoms with Crippen molar-refractivity contribution < 1.29 is 0 Å². The molecule has 0 aliphatic carbocycles. The van der Waals surface area contributed by atoms with Crippen LogP contribution in [0.1, 0.15) is 5.56 Å². The van der Waals surface area contributed by atoms with Gasteiger partial charge in [0, 0.05) is 10.7 Å². The van der Waals surface area contributed by atoms with Gasteiger partial charge in [-0.25, -0.2) is 0 Å². The van der Waals surface area contributed by atoms with Crippen molar-refractivity contribution in [1.29, 1.82) is 15.9 Å². The fourth-order valence-corrected chi connectivity index (χ4v) is 1.21. The molecule has 0 aromatic heterocycles. The number of hydrogen-bond acceptors (Lipinski definition) is 4. The van der Waals surface area contributed by atoms with E-state index in [0.717, 1.165) is 10.0 Å². The first kappa shape index (κ1) is 12.1. The third-order valence-corrected chi connectivity index (χ3v) is 2.29. The van der Waals surface area contributed by atoms with Crippen LogP contribution in [-0.4, -0.2) is 18.0 Å². The maximum Gasteiger partial charge on any atom is 0.187 e. The van der Waals surface area contributed by atoms with Gasteiger partial charge in [0.15, 0.2) is 6.04 Å². The molecular weight excluding hydrogens is 268 g/mol. The molecule has 0 aliphatic rings. The Bertz CT molecular complexity index is 490. The first-order valence-corrected chi connectivity index (χ1v) is 5.13. The van der Waals surface area contributed by atoms with E-state index in [1.165, 1.54) is 6.21 Å². The Morgan fingerprint density at radius 1 is 1.38 bits per heavy atom. The normalized spacial score (nSPS) is 11.7. The van der Waals surface area contributed by atoms with Crippen LogP contribution in [0.2, 0.25) is 0 Å². The number of nitriles is 2. The number of benzene rings is 1. The summed E-state index contributed by atoms with van der Waals surface area (Å²) in [5.74, 6) is 0. The molecule has 0 saturated carbocycles. The summed E-state index contributed by atoms with van der Waals surface area (Å²) in [6.45, 7) is 0. The van der Waals surface area contributed by atoms with Crippen LogP contribution < -0.4 is 0 Å². The van der Waals surface area contributed by atoms with Crippen molar-refractivity contribution in [3.8, 4) is 12.1 Å². The van der Waals surface area contributed by atoms with Crippen LogP contribution >= 0.6 is 15.9 Å². The van der Waals surface area contributed by atoms with Crippen molar-refractivity contribution in [1.82, 2.24) is 0 Å². The maximum absolute atomic E-state index is 8.69. The van der Waals surface area contributed by atoms with Gasteiger partial charge in [0.1, 0.15) is 11.8 Å². The molecule has 0 radical (unpaired) electrons. The minimum absolute atomic E-state index is 0.351. The van der Waals surface area contributed by atoms with Gasteiger partial charge in [0.25, 0.3) is 0 Å². The van der Waals surface area contributed by atoms with Gasteiger partial charge >= 0.3 is 0 Å². The van der Waals surface area contributed by atoms with Crippen LogP contribution in [0.15, 0.2) is 33.7 Å². The molecule has 0 saturated heterocycles. The van der Waals surface area contributed by atoms with Crippen molar-refractivity contribution in [2.75, 3.05) is 0 Å². The zero-order chi connectivity index (χ0) is 12.0. The minimum atomic E-state index is -1.02. The topological polar surface area (TPSA) is 83.8 Å². The predicted octanol–water partition coefficient (Wildman–Crippen LogP) is 2.30. The molecule has 1 rings (SSSR count). The zero-order valence-electron chi connectivity index (χ0n) is 8.18. The van der Waals surface area contributed by atoms with Crippen LogP contribution in [0.3, 0.4) is 0 Å². The molecule has 1 aromatic carbocycles. The quantitative estimate of drug-likeness (QED) is 0.858. The number of rotatable bonds is 3. The monoisotopic (exact) mass is 274 g/mol. The third-order valence-electron chi connectivity index (χ3n) is 1.76. The highest BCUT2D eigenvalue weighted by Crippen LogP contribution is 2.09. The summed E-state index contributed by atoms with van der Waals surface area (Å²) >= 11 is 3.30. The molecule has 0 heterocycles. The number of aliphatic imine (C=N–C) groups is 1. The summed E-state index contributed by atoms with van der Waals surface area (Å²) in [4.78, 5) is 3.86. The molecule has 1 unspecified atom stereocenters. The van der Waals surface area contributed by atoms with Crippen LogP contribution in [0, 0.1) is 28.1 Å². The number of hydrogen-bond donors (Lipinski definition) is 1. The first-order chi connectivity index (χ1) is 7.67. The van der Waals surface area contributed by atoms with Crippen molar-refractivity contribution in [2.24, 2.45) is 4.99 Å². The van der Waals surface area contributed by atoms with E-state index >= 15 is 0 Å². The molecule has 0 spiro atoms. The summed E-state index contributed by atoms with van der Waals surface area (Å²) in [5, 5.41) is 24.3. The molecule has 78 valence electrons. The van der Waals surface area contributed by atoms with Gasteiger partial charge in [0.2, 0.25) is 0 Å². The lowest BCUT2D eigenvalue weighted by molar-refractivity contribution is 1.09. The lowest BCUT2D eigenvalue weighted by Gasteiger charge is -1.97. The van der Waals surface area contributed by atoms with Gasteiger partial charge in [-0.1, -0.05) is 28.1 Å². The molecule has 5 heteroatoms. The molecule has 1 aromatic rings. The van der Waals surface area contributed by atoms with Gasteiger partial charge < -0.3 is 0 Å². The van der Waals surface area contributed by atoms with Crippen molar-refractivity contribution in [3.63, 3.8) is 0 Å². The SMILES string of the molecule is N#CC(=N)C(C#N)N=Cc1ccc(Br)cc1. The molecule has 1 N–H and O–H groups in total. The van der Waals surface area contributed by atoms with Gasteiger partial charge in [-0.3, -0.25) is 10.4 Å². The van der Waals surface area contributed by atoms with E-state index in [0.29, 0.717) is 0 Å². The number of halogens is 1. The summed E-state index contributed by atoms with van der Waals surface area (Å²) < 4.78 is 0.950. The summed E-state index contributed by atoms with van der Waals surface area (Å²) in [7, 11) is 0. The Morgan fingerprint density at radius 2 is 2.00 bits per heavy atom. The standard InChI is InChI=1S/C11H7BrN4/c12-9-3-1-8(2-4-9)7-16-11(6-14)10(15)5-13/h1-4,7,11,15H. The first-order valence-electron chi connectivity index (χ1n) is 4.34. The highest BCUT2D eigenvalue weighted by molar-refractivity contribution is 9.10. The van der Waals surface area contributed by atoms with Crippen LogP contribution in [-0.2, 0) is 0 Å². The Labute approximate surface area is 101 Å². The van der Waals surface area contributed by atoms with Gasteiger partial charge in [-0.15, -0.1) is 0 Å². The molecule has 4 nitrogen and oxygen atoms in total. The predicted molar refractivity (Wildman–Crippen MR) is 64.5 cm³/mol. The fraction of sp³-hybridized carbons (Fsp3) is 0.0909. The fourth-order valence-electron chi connectivity index (χ4n) is 0.943. The van der Waals surface area contributed by atoms with E-state index in [9.17, 15) is 0 Å². The molecular formula is C11H7BrN4. The average molecular weight is 275 g/mol. The van der Waals surface area contributed by atoms with Crippen LogP contribution in [0.25, 0.3) is 0 Å². The van der Waals surface area contributed by atoms with Gasteiger partial charge in [-0.05, 0) is 17.7 Å². The second-order valence-corrected chi connectivity index (χ2v) is 3.80. The second-order valence-electron chi connectivity index (χ2n) is 2.89. The highest BCUT2D eigenvalue weighted by Gasteiger charge is 2.09. The zero-order valence-corrected chi connectivity index (χ0v) is 9.77. The Hall–Kier alpha value is -1.98. The average Bonchev–Trinajstić information content (AvgIpc) is 2.31. The van der Waals surface area contributed by atoms with Crippen LogP contribution in [0.5, 0.6) is 0 Å². The van der Waals surface area contributed by atoms with Gasteiger partial charge in [-0.2, -0.15) is 10.5 Å². The van der Waals surface area contributed by atoms with Gasteiger partial charge in [0.05, 0.1) is 6.07 Å². The van der Waals surface area contributed by atoms with E-state index in [2.05, 4.69) is 20.9 Å². The van der Waals surface area contributed by atoms with E-state index in [-0.39, 0.29) is 5.71 Å². The number of nitrogens with zero attached hydrogens (tertiary/aromatic N) is 3. The highest BCUT2D eigenvalue weighted by atomic mass is 79.9. The lowest BCUT2D eigenvalue weighted by atomic mass is 10.2. The second kappa shape index (κ2) is 5.79. The molecule has 0 bridgehead atoms. The van der Waals surface area contributed by atoms with Crippen LogP contribution in [0.4, 0.5) is 0 Å². The molecule has 0 fully saturated rings. The number of nitrogens with one attached hydrogen (secondary N) is 1. The lowest BCUT2D eigenvalue weighted by Crippen LogP contribution is -2.13. The Kier molecular flexibility index (Phi) is 4.38. The summed E-state index contributed by atoms with van der Waals surface area (Å²) in [6, 6.07) is 9.69. The Balaban J connectivity index is 2.81. The van der Waals surface area contributed by atoms with Crippen molar-refractivity contribution in [3.05, 3.63) is 34.3 Å². The molecule has 16 heavy (non-hydrogen) atoms. The summed E-state index contributed by atoms with van der Waals surface area (Å²) in [6.07, 6.45) is 1.48. The smallest absolute Gasteiger partial charge is 0.187 e. The Morgan fingerprint density at radius 3 is 2.50 bits per heavy atom. The maximum atomic E-state index is 8.69. The summed E-state index contributed by atoms with van der Waals surface area (Å²) in [5.41, 5.74) is 0.463.